The molecule has 3 N–H and O–H groups in total. The van der Waals surface area contributed by atoms with Crippen LogP contribution in [0.3, 0.4) is 0 Å². The Morgan fingerprint density at radius 3 is 2.42 bits per heavy atom. The minimum absolute atomic E-state index is 0.153. The van der Waals surface area contributed by atoms with Gasteiger partial charge in [-0.3, -0.25) is 4.79 Å². The van der Waals surface area contributed by atoms with E-state index in [9.17, 15) is 4.79 Å². The van der Waals surface area contributed by atoms with Crippen molar-refractivity contribution in [3.05, 3.63) is 0 Å². The lowest BCUT2D eigenvalue weighted by molar-refractivity contribution is -0.132. The fourth-order valence-electron chi connectivity index (χ4n) is 3.72. The quantitative estimate of drug-likeness (QED) is 0.742. The average molecular weight is 268 g/mol. The molecule has 0 saturated carbocycles. The molecule has 19 heavy (non-hydrogen) atoms. The second-order valence-electron chi connectivity index (χ2n) is 6.17. The molecule has 2 aliphatic heterocycles. The maximum Gasteiger partial charge on any atom is 0.227 e. The topological polar surface area (TPSA) is 64.4 Å². The van der Waals surface area contributed by atoms with Gasteiger partial charge in [-0.15, -0.1) is 0 Å². The lowest BCUT2D eigenvalue weighted by Gasteiger charge is -2.33. The van der Waals surface area contributed by atoms with Crippen molar-refractivity contribution in [2.24, 2.45) is 11.1 Å². The van der Waals surface area contributed by atoms with Gasteiger partial charge in [0.1, 0.15) is 0 Å². The van der Waals surface area contributed by atoms with Gasteiger partial charge in [-0.25, -0.2) is 0 Å². The van der Waals surface area contributed by atoms with Crippen molar-refractivity contribution in [3.63, 3.8) is 0 Å². The molecule has 4 heteroatoms. The van der Waals surface area contributed by atoms with E-state index in [1.807, 2.05) is 0 Å². The van der Waals surface area contributed by atoms with Gasteiger partial charge < -0.3 is 15.8 Å². The van der Waals surface area contributed by atoms with Crippen LogP contribution in [-0.4, -0.2) is 30.7 Å². The molecule has 2 rings (SSSR count). The predicted molar refractivity (Wildman–Crippen MR) is 75.7 cm³/mol. The Hall–Kier alpha value is -0.610. The van der Waals surface area contributed by atoms with E-state index in [4.69, 9.17) is 10.5 Å². The van der Waals surface area contributed by atoms with E-state index in [-0.39, 0.29) is 23.5 Å². The molecule has 2 saturated heterocycles. The lowest BCUT2D eigenvalue weighted by atomic mass is 9.78. The van der Waals surface area contributed by atoms with Gasteiger partial charge in [-0.05, 0) is 32.1 Å². The summed E-state index contributed by atoms with van der Waals surface area (Å²) >= 11 is 0. The number of amides is 1. The summed E-state index contributed by atoms with van der Waals surface area (Å²) in [5.74, 6) is 0.153. The van der Waals surface area contributed by atoms with Gasteiger partial charge in [0.25, 0.3) is 0 Å². The molecule has 2 heterocycles. The molecule has 110 valence electrons. The molecule has 1 amide bonds. The van der Waals surface area contributed by atoms with Crippen molar-refractivity contribution in [3.8, 4) is 0 Å². The summed E-state index contributed by atoms with van der Waals surface area (Å²) in [5, 5.41) is 3.23. The highest BCUT2D eigenvalue weighted by atomic mass is 16.5. The van der Waals surface area contributed by atoms with Crippen LogP contribution in [0.1, 0.15) is 58.8 Å². The van der Waals surface area contributed by atoms with Gasteiger partial charge in [0.15, 0.2) is 0 Å². The van der Waals surface area contributed by atoms with Crippen molar-refractivity contribution >= 4 is 5.91 Å². The summed E-state index contributed by atoms with van der Waals surface area (Å²) < 4.78 is 5.81. The van der Waals surface area contributed by atoms with Crippen LogP contribution >= 0.6 is 0 Å². The van der Waals surface area contributed by atoms with Crippen LogP contribution in [0.15, 0.2) is 0 Å². The molecule has 0 aromatic heterocycles. The Morgan fingerprint density at radius 1 is 1.32 bits per heavy atom. The van der Waals surface area contributed by atoms with Crippen molar-refractivity contribution in [2.45, 2.75) is 77.0 Å². The lowest BCUT2D eigenvalue weighted by Crippen LogP contribution is -2.51. The number of hydrogen-bond acceptors (Lipinski definition) is 3. The van der Waals surface area contributed by atoms with Crippen LogP contribution in [0, 0.1) is 5.41 Å². The SMILES string of the molecule is CCCC(CN)(CCC)C(=O)NC1CC2CCC1O2. The molecule has 0 aliphatic carbocycles. The van der Waals surface area contributed by atoms with E-state index >= 15 is 0 Å². The van der Waals surface area contributed by atoms with Gasteiger partial charge in [0.05, 0.1) is 23.7 Å². The summed E-state index contributed by atoms with van der Waals surface area (Å²) in [5.41, 5.74) is 5.57. The fourth-order valence-corrected chi connectivity index (χ4v) is 3.72. The number of nitrogens with one attached hydrogen (secondary N) is 1. The number of carbonyl (C=O) groups is 1. The summed E-state index contributed by atoms with van der Waals surface area (Å²) in [6.07, 6.45) is 7.60. The average Bonchev–Trinajstić information content (AvgIpc) is 3.00. The minimum Gasteiger partial charge on any atom is -0.373 e. The number of ether oxygens (including phenoxy) is 1. The van der Waals surface area contributed by atoms with Gasteiger partial charge in [-0.1, -0.05) is 26.7 Å². The van der Waals surface area contributed by atoms with E-state index in [2.05, 4.69) is 19.2 Å². The van der Waals surface area contributed by atoms with Crippen molar-refractivity contribution in [2.75, 3.05) is 6.54 Å². The van der Waals surface area contributed by atoms with E-state index in [0.29, 0.717) is 12.6 Å². The second-order valence-corrected chi connectivity index (χ2v) is 6.17. The van der Waals surface area contributed by atoms with Crippen LogP contribution in [-0.2, 0) is 9.53 Å². The van der Waals surface area contributed by atoms with Gasteiger partial charge >= 0.3 is 0 Å². The zero-order valence-corrected chi connectivity index (χ0v) is 12.3. The first kappa shape index (κ1) is 14.8. The van der Waals surface area contributed by atoms with Crippen molar-refractivity contribution in [1.82, 2.24) is 5.32 Å². The highest BCUT2D eigenvalue weighted by molar-refractivity contribution is 5.83. The number of hydrogen-bond donors (Lipinski definition) is 2. The third-order valence-corrected chi connectivity index (χ3v) is 4.75. The first-order chi connectivity index (χ1) is 9.15. The molecule has 0 radical (unpaired) electrons. The molecule has 0 spiro atoms. The molecule has 0 aromatic carbocycles. The Kier molecular flexibility index (Phi) is 4.85. The maximum absolute atomic E-state index is 12.7. The zero-order valence-electron chi connectivity index (χ0n) is 12.3. The molecule has 2 fully saturated rings. The third kappa shape index (κ3) is 2.95. The molecule has 3 atom stereocenters. The first-order valence-electron chi connectivity index (χ1n) is 7.81. The van der Waals surface area contributed by atoms with Crippen molar-refractivity contribution < 1.29 is 9.53 Å². The number of fused-ring (bicyclic) bond motifs is 2. The summed E-state index contributed by atoms with van der Waals surface area (Å²) in [6.45, 7) is 4.68. The molecular formula is C15H28N2O2. The highest BCUT2D eigenvalue weighted by Crippen LogP contribution is 2.36. The monoisotopic (exact) mass is 268 g/mol. The molecule has 0 aromatic rings. The summed E-state index contributed by atoms with van der Waals surface area (Å²) in [7, 11) is 0. The summed E-state index contributed by atoms with van der Waals surface area (Å²) in [6, 6.07) is 0.214. The normalized spacial score (nSPS) is 29.7. The number of nitrogens with two attached hydrogens (primary N) is 1. The summed E-state index contributed by atoms with van der Waals surface area (Å²) in [4.78, 5) is 12.7. The Labute approximate surface area is 116 Å². The van der Waals surface area contributed by atoms with Crippen LogP contribution < -0.4 is 11.1 Å². The predicted octanol–water partition coefficient (Wildman–Crippen LogP) is 1.97. The highest BCUT2D eigenvalue weighted by Gasteiger charge is 2.44. The van der Waals surface area contributed by atoms with Gasteiger partial charge in [0, 0.05) is 6.54 Å². The van der Waals surface area contributed by atoms with Crippen LogP contribution in [0.25, 0.3) is 0 Å². The number of rotatable bonds is 7. The number of carbonyl (C=O) groups excluding carboxylic acids is 1. The molecule has 3 unspecified atom stereocenters. The molecule has 4 nitrogen and oxygen atoms in total. The smallest absolute Gasteiger partial charge is 0.227 e. The maximum atomic E-state index is 12.7. The Balaban J connectivity index is 1.98. The molecule has 2 aliphatic rings. The second kappa shape index (κ2) is 6.23. The van der Waals surface area contributed by atoms with Crippen LogP contribution in [0.2, 0.25) is 0 Å². The van der Waals surface area contributed by atoms with E-state index in [1.165, 1.54) is 0 Å². The van der Waals surface area contributed by atoms with Crippen molar-refractivity contribution in [1.29, 1.82) is 0 Å². The zero-order chi connectivity index (χ0) is 13.9. The first-order valence-corrected chi connectivity index (χ1v) is 7.81. The standard InChI is InChI=1S/C15H28N2O2/c1-3-7-15(10-16,8-4-2)14(18)17-12-9-11-5-6-13(12)19-11/h11-13H,3-10,16H2,1-2H3,(H,17,18). The minimum atomic E-state index is -0.370. The Bertz CT molecular complexity index is 313. The van der Waals surface area contributed by atoms with Crippen LogP contribution in [0.4, 0.5) is 0 Å². The van der Waals surface area contributed by atoms with Crippen LogP contribution in [0.5, 0.6) is 0 Å². The van der Waals surface area contributed by atoms with E-state index < -0.39 is 0 Å². The molecular weight excluding hydrogens is 240 g/mol. The third-order valence-electron chi connectivity index (χ3n) is 4.75. The van der Waals surface area contributed by atoms with Gasteiger partial charge in [-0.2, -0.15) is 0 Å². The van der Waals surface area contributed by atoms with E-state index in [0.717, 1.165) is 44.9 Å². The van der Waals surface area contributed by atoms with Gasteiger partial charge in [0.2, 0.25) is 5.91 Å². The Morgan fingerprint density at radius 2 is 2.00 bits per heavy atom. The molecule has 2 bridgehead atoms. The fraction of sp³-hybridized carbons (Fsp3) is 0.933. The largest absolute Gasteiger partial charge is 0.373 e. The van der Waals surface area contributed by atoms with E-state index in [1.54, 1.807) is 0 Å².